The summed E-state index contributed by atoms with van der Waals surface area (Å²) in [6.45, 7) is 1.50. The van der Waals surface area contributed by atoms with Crippen molar-refractivity contribution in [2.45, 2.75) is 18.2 Å². The molecule has 0 atom stereocenters. The molecule has 0 saturated heterocycles. The Labute approximate surface area is 106 Å². The number of carbonyl (C=O) groups is 1. The standard InChI is InChI=1S/C11H16N2O4S/c1-9(15)13-10-3-5-11(6-4-10)18(16,17)12-7-2-8-14/h3-6,12,14H,2,7-8H2,1H3,(H,13,15). The minimum Gasteiger partial charge on any atom is -0.396 e. The van der Waals surface area contributed by atoms with Crippen molar-refractivity contribution in [3.05, 3.63) is 24.3 Å². The number of aliphatic hydroxyl groups is 1. The van der Waals surface area contributed by atoms with E-state index < -0.39 is 10.0 Å². The number of carbonyl (C=O) groups excluding carboxylic acids is 1. The number of sulfonamides is 1. The summed E-state index contributed by atoms with van der Waals surface area (Å²) >= 11 is 0. The maximum absolute atomic E-state index is 11.8. The highest BCUT2D eigenvalue weighted by atomic mass is 32.2. The van der Waals surface area contributed by atoms with E-state index in [9.17, 15) is 13.2 Å². The molecule has 1 amide bonds. The van der Waals surface area contributed by atoms with Gasteiger partial charge in [0.25, 0.3) is 0 Å². The SMILES string of the molecule is CC(=O)Nc1ccc(S(=O)(=O)NCCCO)cc1. The number of benzene rings is 1. The van der Waals surface area contributed by atoms with Crippen molar-refractivity contribution in [1.29, 1.82) is 0 Å². The van der Waals surface area contributed by atoms with Gasteiger partial charge in [-0.05, 0) is 30.7 Å². The van der Waals surface area contributed by atoms with Crippen LogP contribution < -0.4 is 10.0 Å². The number of rotatable bonds is 6. The normalized spacial score (nSPS) is 11.2. The summed E-state index contributed by atoms with van der Waals surface area (Å²) in [5, 5.41) is 11.1. The molecule has 0 bridgehead atoms. The Morgan fingerprint density at radius 2 is 1.89 bits per heavy atom. The lowest BCUT2D eigenvalue weighted by atomic mass is 10.3. The molecule has 0 aromatic heterocycles. The third-order valence-electron chi connectivity index (χ3n) is 2.11. The molecule has 0 aliphatic carbocycles. The molecule has 1 aromatic carbocycles. The quantitative estimate of drug-likeness (QED) is 0.649. The molecular formula is C11H16N2O4S. The number of hydrogen-bond donors (Lipinski definition) is 3. The van der Waals surface area contributed by atoms with Crippen molar-refractivity contribution in [3.63, 3.8) is 0 Å². The van der Waals surface area contributed by atoms with Crippen LogP contribution in [0.1, 0.15) is 13.3 Å². The summed E-state index contributed by atoms with van der Waals surface area (Å²) in [4.78, 5) is 10.9. The van der Waals surface area contributed by atoms with Crippen molar-refractivity contribution in [3.8, 4) is 0 Å². The number of nitrogens with one attached hydrogen (secondary N) is 2. The second kappa shape index (κ2) is 6.48. The van der Waals surface area contributed by atoms with Crippen LogP contribution in [-0.2, 0) is 14.8 Å². The highest BCUT2D eigenvalue weighted by Gasteiger charge is 2.12. The van der Waals surface area contributed by atoms with Gasteiger partial charge in [-0.25, -0.2) is 13.1 Å². The van der Waals surface area contributed by atoms with E-state index in [1.807, 2.05) is 0 Å². The number of amides is 1. The molecule has 1 aromatic rings. The predicted octanol–water partition coefficient (Wildman–Crippen LogP) is 0.306. The van der Waals surface area contributed by atoms with Gasteiger partial charge in [0, 0.05) is 25.8 Å². The van der Waals surface area contributed by atoms with E-state index in [0.717, 1.165) is 0 Å². The first-order valence-corrected chi connectivity index (χ1v) is 6.92. The van der Waals surface area contributed by atoms with Crippen molar-refractivity contribution in [1.82, 2.24) is 4.72 Å². The molecule has 100 valence electrons. The summed E-state index contributed by atoms with van der Waals surface area (Å²) in [6, 6.07) is 5.85. The fourth-order valence-electron chi connectivity index (χ4n) is 1.29. The lowest BCUT2D eigenvalue weighted by molar-refractivity contribution is -0.114. The van der Waals surface area contributed by atoms with E-state index in [1.54, 1.807) is 0 Å². The highest BCUT2D eigenvalue weighted by molar-refractivity contribution is 7.89. The lowest BCUT2D eigenvalue weighted by Crippen LogP contribution is -2.25. The van der Waals surface area contributed by atoms with Crippen LogP contribution in [0.4, 0.5) is 5.69 Å². The molecule has 3 N–H and O–H groups in total. The molecule has 0 aliphatic heterocycles. The van der Waals surface area contributed by atoms with Gasteiger partial charge < -0.3 is 10.4 Å². The first-order chi connectivity index (χ1) is 8.45. The molecule has 0 unspecified atom stereocenters. The molecular weight excluding hydrogens is 256 g/mol. The van der Waals surface area contributed by atoms with Crippen molar-refractivity contribution in [2.24, 2.45) is 0 Å². The molecule has 18 heavy (non-hydrogen) atoms. The predicted molar refractivity (Wildman–Crippen MR) is 67.6 cm³/mol. The average molecular weight is 272 g/mol. The van der Waals surface area contributed by atoms with Gasteiger partial charge in [-0.2, -0.15) is 0 Å². The van der Waals surface area contributed by atoms with Gasteiger partial charge in [-0.1, -0.05) is 0 Å². The third kappa shape index (κ3) is 4.44. The molecule has 1 rings (SSSR count). The highest BCUT2D eigenvalue weighted by Crippen LogP contribution is 2.13. The first kappa shape index (κ1) is 14.6. The van der Waals surface area contributed by atoms with Crippen LogP contribution in [0.2, 0.25) is 0 Å². The Morgan fingerprint density at radius 1 is 1.28 bits per heavy atom. The topological polar surface area (TPSA) is 95.5 Å². The van der Waals surface area contributed by atoms with Gasteiger partial charge in [0.05, 0.1) is 4.90 Å². The molecule has 6 nitrogen and oxygen atoms in total. The van der Waals surface area contributed by atoms with Crippen LogP contribution in [0, 0.1) is 0 Å². The van der Waals surface area contributed by atoms with E-state index in [1.165, 1.54) is 31.2 Å². The number of anilines is 1. The van der Waals surface area contributed by atoms with E-state index in [0.29, 0.717) is 12.1 Å². The van der Waals surface area contributed by atoms with Gasteiger partial charge in [-0.15, -0.1) is 0 Å². The Hall–Kier alpha value is -1.44. The van der Waals surface area contributed by atoms with Crippen LogP contribution in [0.25, 0.3) is 0 Å². The zero-order valence-electron chi connectivity index (χ0n) is 10.0. The molecule has 0 fully saturated rings. The van der Waals surface area contributed by atoms with Crippen molar-refractivity contribution < 1.29 is 18.3 Å². The molecule has 0 saturated carbocycles. The lowest BCUT2D eigenvalue weighted by Gasteiger charge is -2.07. The number of aliphatic hydroxyl groups excluding tert-OH is 1. The van der Waals surface area contributed by atoms with Gasteiger partial charge in [-0.3, -0.25) is 4.79 Å². The van der Waals surface area contributed by atoms with Crippen LogP contribution in [0.3, 0.4) is 0 Å². The minimum absolute atomic E-state index is 0.0655. The Bertz CT molecular complexity index is 496. The van der Waals surface area contributed by atoms with E-state index >= 15 is 0 Å². The molecule has 0 aliphatic rings. The van der Waals surface area contributed by atoms with E-state index in [-0.39, 0.29) is 24.0 Å². The van der Waals surface area contributed by atoms with Crippen molar-refractivity contribution >= 4 is 21.6 Å². The third-order valence-corrected chi connectivity index (χ3v) is 3.59. The summed E-state index contributed by atoms with van der Waals surface area (Å²) in [5.41, 5.74) is 0.539. The van der Waals surface area contributed by atoms with E-state index in [4.69, 9.17) is 5.11 Å². The molecule has 0 spiro atoms. The van der Waals surface area contributed by atoms with Crippen molar-refractivity contribution in [2.75, 3.05) is 18.5 Å². The van der Waals surface area contributed by atoms with Gasteiger partial charge in [0.1, 0.15) is 0 Å². The second-order valence-electron chi connectivity index (χ2n) is 3.68. The zero-order chi connectivity index (χ0) is 13.6. The van der Waals surface area contributed by atoms with Gasteiger partial charge >= 0.3 is 0 Å². The average Bonchev–Trinajstić information content (AvgIpc) is 2.29. The fraction of sp³-hybridized carbons (Fsp3) is 0.364. The summed E-state index contributed by atoms with van der Waals surface area (Å²) in [7, 11) is -3.55. The Balaban J connectivity index is 2.74. The van der Waals surface area contributed by atoms with Crippen LogP contribution in [0.5, 0.6) is 0 Å². The Morgan fingerprint density at radius 3 is 2.39 bits per heavy atom. The second-order valence-corrected chi connectivity index (χ2v) is 5.45. The largest absolute Gasteiger partial charge is 0.396 e. The maximum atomic E-state index is 11.8. The van der Waals surface area contributed by atoms with Crippen LogP contribution in [0.15, 0.2) is 29.2 Å². The molecule has 0 radical (unpaired) electrons. The monoisotopic (exact) mass is 272 g/mol. The van der Waals surface area contributed by atoms with E-state index in [2.05, 4.69) is 10.0 Å². The van der Waals surface area contributed by atoms with Gasteiger partial charge in [0.15, 0.2) is 0 Å². The van der Waals surface area contributed by atoms with Crippen LogP contribution >= 0.6 is 0 Å². The fourth-order valence-corrected chi connectivity index (χ4v) is 2.36. The summed E-state index contributed by atoms with van der Waals surface area (Å²) in [5.74, 6) is -0.216. The smallest absolute Gasteiger partial charge is 0.240 e. The van der Waals surface area contributed by atoms with Crippen LogP contribution in [-0.4, -0.2) is 32.6 Å². The molecule has 0 heterocycles. The first-order valence-electron chi connectivity index (χ1n) is 5.44. The summed E-state index contributed by atoms with van der Waals surface area (Å²) in [6.07, 6.45) is 0.364. The zero-order valence-corrected chi connectivity index (χ0v) is 10.8. The maximum Gasteiger partial charge on any atom is 0.240 e. The molecule has 7 heteroatoms. The minimum atomic E-state index is -3.55. The number of hydrogen-bond acceptors (Lipinski definition) is 4. The summed E-state index contributed by atoms with van der Waals surface area (Å²) < 4.78 is 25.9. The van der Waals surface area contributed by atoms with Gasteiger partial charge in [0.2, 0.25) is 15.9 Å². The Kier molecular flexibility index (Phi) is 5.26.